The molecule has 0 aliphatic carbocycles. The van der Waals surface area contributed by atoms with Gasteiger partial charge in [-0.05, 0) is 74.0 Å². The number of piperazine rings is 1. The van der Waals surface area contributed by atoms with E-state index in [0.29, 0.717) is 12.5 Å². The van der Waals surface area contributed by atoms with Gasteiger partial charge in [-0.25, -0.2) is 9.78 Å². The fourth-order valence-corrected chi connectivity index (χ4v) is 8.55. The normalized spacial score (nSPS) is 13.4. The largest absolute Gasteiger partial charge is 0.494 e. The highest BCUT2D eigenvalue weighted by molar-refractivity contribution is 7.17. The third kappa shape index (κ3) is 15.1. The van der Waals surface area contributed by atoms with Crippen molar-refractivity contribution in [1.29, 1.82) is 0 Å². The van der Waals surface area contributed by atoms with Crippen LogP contribution in [-0.2, 0) is 4.74 Å². The van der Waals surface area contributed by atoms with E-state index >= 15 is 0 Å². The van der Waals surface area contributed by atoms with E-state index in [1.807, 2.05) is 46.6 Å². The number of ether oxygens (including phenoxy) is 3. The van der Waals surface area contributed by atoms with Crippen LogP contribution in [0.3, 0.4) is 0 Å². The molecule has 1 amide bonds. The summed E-state index contributed by atoms with van der Waals surface area (Å²) in [6, 6.07) is 18.7. The number of anilines is 1. The summed E-state index contributed by atoms with van der Waals surface area (Å²) in [7, 11) is 0. The third-order valence-corrected chi connectivity index (χ3v) is 12.1. The third-order valence-electron chi connectivity index (χ3n) is 11.2. The van der Waals surface area contributed by atoms with Crippen molar-refractivity contribution >= 4 is 44.1 Å². The maximum Gasteiger partial charge on any atom is 0.412 e. The molecule has 0 spiro atoms. The molecule has 3 heterocycles. The van der Waals surface area contributed by atoms with Crippen molar-refractivity contribution in [3.63, 3.8) is 0 Å². The van der Waals surface area contributed by atoms with Gasteiger partial charge in [-0.2, -0.15) is 0 Å². The van der Waals surface area contributed by atoms with Crippen LogP contribution in [0.2, 0.25) is 0 Å². The molecule has 0 bridgehead atoms. The van der Waals surface area contributed by atoms with Gasteiger partial charge in [0.15, 0.2) is 0 Å². The second-order valence-corrected chi connectivity index (χ2v) is 16.6. The lowest BCUT2D eigenvalue weighted by Crippen LogP contribution is -2.46. The molecule has 0 atom stereocenters. The smallest absolute Gasteiger partial charge is 0.412 e. The summed E-state index contributed by atoms with van der Waals surface area (Å²) in [4.78, 5) is 24.9. The number of aromatic nitrogens is 1. The Balaban J connectivity index is 0.989. The number of benzene rings is 2. The number of carbonyl (C=O) groups excluding carboxylic acids is 1. The van der Waals surface area contributed by atoms with Crippen molar-refractivity contribution in [1.82, 2.24) is 14.8 Å². The minimum Gasteiger partial charge on any atom is -0.494 e. The molecule has 2 aromatic carbocycles. The van der Waals surface area contributed by atoms with Gasteiger partial charge in [-0.3, -0.25) is 4.90 Å². The van der Waals surface area contributed by atoms with Gasteiger partial charge in [0.2, 0.25) is 12.7 Å². The molecule has 0 radical (unpaired) electrons. The lowest BCUT2D eigenvalue weighted by Gasteiger charge is -2.36. The van der Waals surface area contributed by atoms with Crippen LogP contribution < -0.4 is 14.4 Å². The number of thiophene rings is 1. The van der Waals surface area contributed by atoms with Gasteiger partial charge in [-0.1, -0.05) is 110 Å². The molecule has 1 saturated heterocycles. The van der Waals surface area contributed by atoms with E-state index in [-0.39, 0.29) is 12.9 Å². The van der Waals surface area contributed by atoms with Gasteiger partial charge < -0.3 is 24.0 Å². The minimum absolute atomic E-state index is 0.154. The summed E-state index contributed by atoms with van der Waals surface area (Å²) in [5.74, 6) is 1.25. The molecule has 308 valence electrons. The average Bonchev–Trinajstić information content (AvgIpc) is 3.71. The molecule has 0 saturated carbocycles. The minimum atomic E-state index is -0.290. The van der Waals surface area contributed by atoms with Crippen LogP contribution in [0.1, 0.15) is 129 Å². The zero-order valence-electron chi connectivity index (χ0n) is 34.7. The van der Waals surface area contributed by atoms with Crippen LogP contribution in [-0.4, -0.2) is 80.1 Å². The number of rotatable bonds is 28. The van der Waals surface area contributed by atoms with Gasteiger partial charge in [0.25, 0.3) is 0 Å². The second kappa shape index (κ2) is 25.6. The number of hydrogen-bond acceptors (Lipinski definition) is 8. The maximum absolute atomic E-state index is 13.2. The highest BCUT2D eigenvalue weighted by Crippen LogP contribution is 2.31. The van der Waals surface area contributed by atoms with Crippen molar-refractivity contribution in [3.8, 4) is 11.6 Å². The first kappa shape index (κ1) is 43.6. The van der Waals surface area contributed by atoms with Crippen LogP contribution in [0.25, 0.3) is 21.0 Å². The van der Waals surface area contributed by atoms with Gasteiger partial charge in [0.05, 0.1) is 12.1 Å². The number of unbranched alkanes of at least 4 members (excludes halogenated alkanes) is 15. The highest BCUT2D eigenvalue weighted by atomic mass is 32.1. The molecule has 5 rings (SSSR count). The van der Waals surface area contributed by atoms with Crippen molar-refractivity contribution in [3.05, 3.63) is 60.0 Å². The van der Waals surface area contributed by atoms with E-state index in [1.165, 1.54) is 92.8 Å². The summed E-state index contributed by atoms with van der Waals surface area (Å²) in [5.41, 5.74) is 2.17. The number of hydrogen-bond donors (Lipinski definition) is 0. The van der Waals surface area contributed by atoms with Crippen molar-refractivity contribution in [2.45, 2.75) is 129 Å². The van der Waals surface area contributed by atoms with Gasteiger partial charge in [0.1, 0.15) is 5.75 Å². The van der Waals surface area contributed by atoms with Crippen LogP contribution in [0, 0.1) is 0 Å². The molecule has 1 aliphatic heterocycles. The summed E-state index contributed by atoms with van der Waals surface area (Å²) < 4.78 is 19.0. The molecule has 4 aromatic rings. The molecule has 1 fully saturated rings. The highest BCUT2D eigenvalue weighted by Gasteiger charge is 2.19. The Morgan fingerprint density at radius 1 is 0.714 bits per heavy atom. The molecule has 0 unspecified atom stereocenters. The molecule has 56 heavy (non-hydrogen) atoms. The van der Waals surface area contributed by atoms with E-state index in [2.05, 4.69) is 53.3 Å². The van der Waals surface area contributed by atoms with E-state index in [4.69, 9.17) is 19.2 Å². The van der Waals surface area contributed by atoms with Gasteiger partial charge >= 0.3 is 6.09 Å². The first-order valence-electron chi connectivity index (χ1n) is 22.2. The monoisotopic (exact) mass is 787 g/mol. The van der Waals surface area contributed by atoms with Crippen LogP contribution >= 0.6 is 11.3 Å². The SMILES string of the molecule is CCCCCCCCCCN(CCCCCCCCCC)C(=O)OCOc1ccc2ccc(OCCCCN3CCN(c4cccc5sccc45)CC3)cc2n1. The Labute approximate surface area is 341 Å². The zero-order chi connectivity index (χ0) is 39.0. The topological polar surface area (TPSA) is 67.4 Å². The molecule has 9 heteroatoms. The summed E-state index contributed by atoms with van der Waals surface area (Å²) in [6.07, 6.45) is 21.8. The van der Waals surface area contributed by atoms with Gasteiger partial charge in [0, 0.05) is 72.6 Å². The number of pyridine rings is 1. The van der Waals surface area contributed by atoms with Gasteiger partial charge in [-0.15, -0.1) is 11.3 Å². The predicted octanol–water partition coefficient (Wildman–Crippen LogP) is 12.5. The zero-order valence-corrected chi connectivity index (χ0v) is 35.5. The summed E-state index contributed by atoms with van der Waals surface area (Å²) in [5, 5.41) is 4.59. The molecule has 8 nitrogen and oxygen atoms in total. The van der Waals surface area contributed by atoms with Crippen molar-refractivity contribution < 1.29 is 19.0 Å². The Bertz CT molecular complexity index is 1650. The quantitative estimate of drug-likeness (QED) is 0.0419. The fraction of sp³-hybridized carbons (Fsp3) is 0.617. The molecular formula is C47H70N4O4S. The number of fused-ring (bicyclic) bond motifs is 2. The standard InChI is InChI=1S/C47H70N4O4S/c1-3-5-7-9-11-13-15-17-30-51(31-18-16-14-12-10-8-6-4-2)47(52)55-39-54-46-27-25-40-24-26-41(38-43(40)48-46)53-36-20-19-29-49-32-34-50(35-33-49)44-22-21-23-45-42(44)28-37-56-45/h21-28,37-38H,3-20,29-36,39H2,1-2H3. The number of nitrogens with zero attached hydrogens (tertiary/aromatic N) is 4. The second-order valence-electron chi connectivity index (χ2n) is 15.6. The maximum atomic E-state index is 13.2. The van der Waals surface area contributed by atoms with Crippen molar-refractivity contribution in [2.75, 3.05) is 64.1 Å². The fourth-order valence-electron chi connectivity index (χ4n) is 7.74. The summed E-state index contributed by atoms with van der Waals surface area (Å²) >= 11 is 1.82. The average molecular weight is 787 g/mol. The Morgan fingerprint density at radius 2 is 1.38 bits per heavy atom. The molecular weight excluding hydrogens is 717 g/mol. The molecule has 0 N–H and O–H groups in total. The predicted molar refractivity (Wildman–Crippen MR) is 236 cm³/mol. The first-order valence-corrected chi connectivity index (χ1v) is 23.0. The van der Waals surface area contributed by atoms with Crippen LogP contribution in [0.5, 0.6) is 11.6 Å². The first-order chi connectivity index (χ1) is 27.6. The van der Waals surface area contributed by atoms with E-state index in [9.17, 15) is 4.79 Å². The Morgan fingerprint density at radius 3 is 2.07 bits per heavy atom. The number of carbonyl (C=O) groups is 1. The Hall–Kier alpha value is -3.56. The molecule has 1 aliphatic rings. The lowest BCUT2D eigenvalue weighted by molar-refractivity contribution is 0.0323. The van der Waals surface area contributed by atoms with E-state index in [1.54, 1.807) is 0 Å². The molecule has 2 aromatic heterocycles. The van der Waals surface area contributed by atoms with Crippen LogP contribution in [0.15, 0.2) is 60.0 Å². The Kier molecular flexibility index (Phi) is 19.9. The van der Waals surface area contributed by atoms with E-state index < -0.39 is 0 Å². The van der Waals surface area contributed by atoms with Crippen LogP contribution in [0.4, 0.5) is 10.5 Å². The lowest BCUT2D eigenvalue weighted by atomic mass is 10.1. The number of amides is 1. The summed E-state index contributed by atoms with van der Waals surface area (Å²) in [6.45, 7) is 11.9. The van der Waals surface area contributed by atoms with Crippen molar-refractivity contribution in [2.24, 2.45) is 0 Å². The van der Waals surface area contributed by atoms with E-state index in [0.717, 1.165) is 101 Å².